The zero-order valence-electron chi connectivity index (χ0n) is 17.8. The second-order valence-electron chi connectivity index (χ2n) is 7.25. The summed E-state index contributed by atoms with van der Waals surface area (Å²) >= 11 is 6.22. The number of benzene rings is 2. The summed E-state index contributed by atoms with van der Waals surface area (Å²) in [7, 11) is 1.69. The number of rotatable bonds is 9. The molecule has 0 radical (unpaired) electrons. The fraction of sp³-hybridized carbons (Fsp3) is 0.435. The summed E-state index contributed by atoms with van der Waals surface area (Å²) in [5.74, 6) is 0.833. The number of nitrogens with zero attached hydrogens (tertiary/aromatic N) is 2. The molecule has 0 spiro atoms. The second-order valence-corrected chi connectivity index (χ2v) is 7.68. The highest BCUT2D eigenvalue weighted by Crippen LogP contribution is 2.34. The SMILES string of the molecule is CCN(CC)CCCC(C)Nc1c2ccc(Cl)cc2nc2ccc(OC)cc12.O. The minimum absolute atomic E-state index is 0. The third-order valence-electron chi connectivity index (χ3n) is 5.34. The molecule has 0 bridgehead atoms. The van der Waals surface area contributed by atoms with Crippen LogP contribution < -0.4 is 10.1 Å². The highest BCUT2D eigenvalue weighted by Gasteiger charge is 2.13. The van der Waals surface area contributed by atoms with Crippen molar-refractivity contribution in [1.82, 2.24) is 9.88 Å². The van der Waals surface area contributed by atoms with Gasteiger partial charge in [-0.25, -0.2) is 4.98 Å². The summed E-state index contributed by atoms with van der Waals surface area (Å²) in [6.45, 7) is 10.0. The van der Waals surface area contributed by atoms with Gasteiger partial charge in [0.1, 0.15) is 5.75 Å². The molecule has 158 valence electrons. The van der Waals surface area contributed by atoms with E-state index in [4.69, 9.17) is 21.3 Å². The van der Waals surface area contributed by atoms with Crippen molar-refractivity contribution in [2.75, 3.05) is 32.1 Å². The van der Waals surface area contributed by atoms with E-state index in [1.165, 1.54) is 6.42 Å². The van der Waals surface area contributed by atoms with Crippen LogP contribution >= 0.6 is 11.6 Å². The molecule has 0 fully saturated rings. The first-order chi connectivity index (χ1) is 13.5. The molecule has 0 saturated carbocycles. The van der Waals surface area contributed by atoms with E-state index in [-0.39, 0.29) is 5.48 Å². The largest absolute Gasteiger partial charge is 0.497 e. The molecule has 0 aliphatic rings. The number of hydrogen-bond donors (Lipinski definition) is 1. The Hall–Kier alpha value is -2.08. The van der Waals surface area contributed by atoms with E-state index in [1.807, 2.05) is 24.3 Å². The predicted octanol–water partition coefficient (Wildman–Crippen LogP) is 5.15. The van der Waals surface area contributed by atoms with Gasteiger partial charge in [-0.3, -0.25) is 0 Å². The predicted molar refractivity (Wildman–Crippen MR) is 125 cm³/mol. The molecule has 3 N–H and O–H groups in total. The van der Waals surface area contributed by atoms with Crippen LogP contribution in [-0.2, 0) is 0 Å². The molecule has 6 heteroatoms. The lowest BCUT2D eigenvalue weighted by Gasteiger charge is -2.22. The van der Waals surface area contributed by atoms with Gasteiger partial charge in [0.2, 0.25) is 0 Å². The van der Waals surface area contributed by atoms with Gasteiger partial charge >= 0.3 is 0 Å². The summed E-state index contributed by atoms with van der Waals surface area (Å²) < 4.78 is 5.45. The number of aromatic nitrogens is 1. The Morgan fingerprint density at radius 3 is 2.52 bits per heavy atom. The molecule has 0 aliphatic heterocycles. The molecule has 3 rings (SSSR count). The van der Waals surface area contributed by atoms with Gasteiger partial charge in [-0.1, -0.05) is 25.4 Å². The summed E-state index contributed by atoms with van der Waals surface area (Å²) in [6, 6.07) is 12.3. The number of anilines is 1. The average molecular weight is 418 g/mol. The van der Waals surface area contributed by atoms with E-state index in [1.54, 1.807) is 7.11 Å². The van der Waals surface area contributed by atoms with Crippen molar-refractivity contribution in [2.24, 2.45) is 0 Å². The van der Waals surface area contributed by atoms with Crippen molar-refractivity contribution in [2.45, 2.75) is 39.7 Å². The minimum Gasteiger partial charge on any atom is -0.497 e. The van der Waals surface area contributed by atoms with Crippen LogP contribution in [0.3, 0.4) is 0 Å². The van der Waals surface area contributed by atoms with E-state index in [2.05, 4.69) is 43.1 Å². The fourth-order valence-corrected chi connectivity index (χ4v) is 3.82. The van der Waals surface area contributed by atoms with E-state index < -0.39 is 0 Å². The maximum atomic E-state index is 6.22. The fourth-order valence-electron chi connectivity index (χ4n) is 3.66. The zero-order valence-corrected chi connectivity index (χ0v) is 18.5. The first-order valence-electron chi connectivity index (χ1n) is 10.1. The average Bonchev–Trinajstić information content (AvgIpc) is 2.70. The molecule has 29 heavy (non-hydrogen) atoms. The third kappa shape index (κ3) is 5.50. The molecule has 0 aliphatic carbocycles. The van der Waals surface area contributed by atoms with Gasteiger partial charge in [-0.05, 0) is 75.8 Å². The Balaban J connectivity index is 0.00000300. The third-order valence-corrected chi connectivity index (χ3v) is 5.57. The molecular formula is C23H32ClN3O2. The van der Waals surface area contributed by atoms with E-state index in [0.717, 1.165) is 59.3 Å². The Labute approximate surface area is 178 Å². The Morgan fingerprint density at radius 1 is 1.07 bits per heavy atom. The van der Waals surface area contributed by atoms with Gasteiger partial charge in [-0.15, -0.1) is 0 Å². The number of nitrogens with one attached hydrogen (secondary N) is 1. The number of ether oxygens (including phenoxy) is 1. The highest BCUT2D eigenvalue weighted by atomic mass is 35.5. The van der Waals surface area contributed by atoms with Crippen molar-refractivity contribution in [3.63, 3.8) is 0 Å². The van der Waals surface area contributed by atoms with Crippen LogP contribution in [0.2, 0.25) is 5.02 Å². The monoisotopic (exact) mass is 417 g/mol. The lowest BCUT2D eigenvalue weighted by atomic mass is 10.1. The van der Waals surface area contributed by atoms with Crippen molar-refractivity contribution in [1.29, 1.82) is 0 Å². The van der Waals surface area contributed by atoms with Gasteiger partial charge in [0, 0.05) is 21.8 Å². The molecule has 1 unspecified atom stereocenters. The van der Waals surface area contributed by atoms with Crippen LogP contribution in [-0.4, -0.2) is 48.1 Å². The molecule has 2 aromatic carbocycles. The van der Waals surface area contributed by atoms with Crippen molar-refractivity contribution < 1.29 is 10.2 Å². The zero-order chi connectivity index (χ0) is 20.1. The lowest BCUT2D eigenvalue weighted by molar-refractivity contribution is 0.295. The second kappa shape index (κ2) is 10.6. The van der Waals surface area contributed by atoms with Gasteiger partial charge in [0.05, 0.1) is 23.8 Å². The van der Waals surface area contributed by atoms with Crippen LogP contribution in [0.5, 0.6) is 5.75 Å². The molecular weight excluding hydrogens is 386 g/mol. The summed E-state index contributed by atoms with van der Waals surface area (Å²) in [6.07, 6.45) is 2.28. The highest BCUT2D eigenvalue weighted by molar-refractivity contribution is 6.31. The minimum atomic E-state index is 0. The summed E-state index contributed by atoms with van der Waals surface area (Å²) in [4.78, 5) is 7.27. The summed E-state index contributed by atoms with van der Waals surface area (Å²) in [5.41, 5.74) is 2.95. The van der Waals surface area contributed by atoms with E-state index >= 15 is 0 Å². The molecule has 5 nitrogen and oxygen atoms in total. The number of pyridine rings is 1. The maximum Gasteiger partial charge on any atom is 0.119 e. The lowest BCUT2D eigenvalue weighted by Crippen LogP contribution is -2.25. The van der Waals surface area contributed by atoms with Crippen LogP contribution in [0.25, 0.3) is 21.8 Å². The topological polar surface area (TPSA) is 68.9 Å². The molecule has 1 aromatic heterocycles. The number of methoxy groups -OCH3 is 1. The molecule has 0 saturated heterocycles. The number of halogens is 1. The quantitative estimate of drug-likeness (QED) is 0.489. The Kier molecular flexibility index (Phi) is 8.50. The van der Waals surface area contributed by atoms with Crippen LogP contribution in [0, 0.1) is 0 Å². The molecule has 0 amide bonds. The first-order valence-corrected chi connectivity index (χ1v) is 10.5. The van der Waals surface area contributed by atoms with Gasteiger partial charge in [-0.2, -0.15) is 0 Å². The normalized spacial score (nSPS) is 12.2. The van der Waals surface area contributed by atoms with Gasteiger partial charge in [0.15, 0.2) is 0 Å². The molecule has 3 aromatic rings. The van der Waals surface area contributed by atoms with Gasteiger partial charge in [0.25, 0.3) is 0 Å². The molecule has 1 heterocycles. The Morgan fingerprint density at radius 2 is 1.83 bits per heavy atom. The smallest absolute Gasteiger partial charge is 0.119 e. The van der Waals surface area contributed by atoms with E-state index in [9.17, 15) is 0 Å². The van der Waals surface area contributed by atoms with Crippen LogP contribution in [0.1, 0.15) is 33.6 Å². The van der Waals surface area contributed by atoms with Crippen LogP contribution in [0.15, 0.2) is 36.4 Å². The number of hydrogen-bond acceptors (Lipinski definition) is 4. The number of fused-ring (bicyclic) bond motifs is 2. The Bertz CT molecular complexity index is 944. The molecule has 1 atom stereocenters. The van der Waals surface area contributed by atoms with Crippen LogP contribution in [0.4, 0.5) is 5.69 Å². The van der Waals surface area contributed by atoms with E-state index in [0.29, 0.717) is 11.1 Å². The maximum absolute atomic E-state index is 6.22. The van der Waals surface area contributed by atoms with Crippen molar-refractivity contribution in [3.05, 3.63) is 41.4 Å². The first kappa shape index (κ1) is 23.2. The van der Waals surface area contributed by atoms with Gasteiger partial charge < -0.3 is 20.4 Å². The standard InChI is InChI=1S/C23H30ClN3O.H2O/c1-5-27(6-2)13-7-8-16(3)25-23-19-11-9-17(24)14-22(19)26-21-12-10-18(28-4)15-20(21)23;/h9-12,14-16H,5-8,13H2,1-4H3,(H,25,26);1H2. The van der Waals surface area contributed by atoms with Crippen molar-refractivity contribution >= 4 is 39.1 Å². The summed E-state index contributed by atoms with van der Waals surface area (Å²) in [5, 5.41) is 6.61. The van der Waals surface area contributed by atoms with Crippen molar-refractivity contribution in [3.8, 4) is 5.75 Å².